The van der Waals surface area contributed by atoms with Crippen LogP contribution in [-0.4, -0.2) is 108 Å². The van der Waals surface area contributed by atoms with Crippen LogP contribution >= 0.6 is 0 Å². The van der Waals surface area contributed by atoms with Gasteiger partial charge in [0.25, 0.3) is 0 Å². The minimum atomic E-state index is -2.26. The molecule has 4 rings (SSSR count). The number of methoxy groups -OCH3 is 1. The van der Waals surface area contributed by atoms with Crippen LogP contribution in [0.25, 0.3) is 0 Å². The Bertz CT molecular complexity index is 1280. The summed E-state index contributed by atoms with van der Waals surface area (Å²) in [6, 6.07) is 0. The molecule has 0 aromatic carbocycles. The maximum atomic E-state index is 13.3. The molecule has 0 amide bonds. The Kier molecular flexibility index (Phi) is 15.9. The van der Waals surface area contributed by atoms with Crippen molar-refractivity contribution in [2.75, 3.05) is 20.3 Å². The molecule has 0 aliphatic carbocycles. The van der Waals surface area contributed by atoms with Gasteiger partial charge in [-0.15, -0.1) is 0 Å². The molecule has 0 aromatic rings. The Balaban J connectivity index is 1.70. The van der Waals surface area contributed by atoms with Gasteiger partial charge in [0.1, 0.15) is 6.10 Å². The van der Waals surface area contributed by atoms with Crippen molar-refractivity contribution in [3.05, 3.63) is 23.8 Å². The van der Waals surface area contributed by atoms with E-state index in [1.165, 1.54) is 13.2 Å². The zero-order chi connectivity index (χ0) is 38.8. The monoisotopic (exact) mass is 752 g/mol. The molecule has 4 aliphatic rings. The number of carbonyl (C=O) groups is 3. The van der Waals surface area contributed by atoms with Crippen molar-refractivity contribution < 1.29 is 62.9 Å². The maximum Gasteiger partial charge on any atom is 0.330 e. The molecule has 4 heterocycles. The first kappa shape index (κ1) is 43.3. The molecular weight excluding hydrogens is 688 g/mol. The Morgan fingerprint density at radius 2 is 1.72 bits per heavy atom. The lowest BCUT2D eigenvalue weighted by atomic mass is 9.74. The third kappa shape index (κ3) is 12.0. The highest BCUT2D eigenvalue weighted by Crippen LogP contribution is 2.47. The summed E-state index contributed by atoms with van der Waals surface area (Å²) in [5, 5.41) is 33.9. The smallest absolute Gasteiger partial charge is 0.330 e. The summed E-state index contributed by atoms with van der Waals surface area (Å²) in [6.07, 6.45) is 6.25. The standard InChI is InChI=1S/C40H64O13/c1-7-8-9-10-11-12-33(43)52-37-26(20-34(44)47-6)19-30-23-31(25-41)50-35(45)22-27(42)21-28-13-16-38(2,3)32(49-28)24-29-15-18-48-36(51-29)14-17-39(4,5)40(37,46)53-30/h14,17,20,27-32,36-37,41-42,46H,7-13,15-16,18-19,21-25H2,1-6H3/b17-14+,26-20+/t27-,28+,29+,30+,31-,32+,36+,37+,40-/m1/s1. The van der Waals surface area contributed by atoms with E-state index in [9.17, 15) is 29.7 Å². The van der Waals surface area contributed by atoms with Crippen molar-refractivity contribution in [2.45, 2.75) is 179 Å². The number of hydrogen-bond donors (Lipinski definition) is 3. The second-order valence-electron chi connectivity index (χ2n) is 16.4. The summed E-state index contributed by atoms with van der Waals surface area (Å²) in [5.41, 5.74) is -1.20. The van der Waals surface area contributed by atoms with Crippen LogP contribution in [-0.2, 0) is 47.5 Å². The van der Waals surface area contributed by atoms with E-state index in [1.807, 2.05) is 0 Å². The molecule has 0 radical (unpaired) electrons. The van der Waals surface area contributed by atoms with E-state index in [4.69, 9.17) is 33.2 Å². The number of carbonyl (C=O) groups excluding carboxylic acids is 3. The summed E-state index contributed by atoms with van der Waals surface area (Å²) in [6.45, 7) is 9.73. The van der Waals surface area contributed by atoms with Crippen molar-refractivity contribution in [3.8, 4) is 0 Å². The van der Waals surface area contributed by atoms with Crippen LogP contribution < -0.4 is 0 Å². The molecule has 302 valence electrons. The lowest BCUT2D eigenvalue weighted by molar-refractivity contribution is -0.327. The maximum absolute atomic E-state index is 13.3. The highest BCUT2D eigenvalue weighted by molar-refractivity contribution is 5.83. The van der Waals surface area contributed by atoms with Gasteiger partial charge in [0.05, 0.1) is 57.3 Å². The van der Waals surface area contributed by atoms with Crippen LogP contribution in [0.15, 0.2) is 23.8 Å². The van der Waals surface area contributed by atoms with Crippen molar-refractivity contribution >= 4 is 17.9 Å². The van der Waals surface area contributed by atoms with Crippen LogP contribution in [0.1, 0.15) is 125 Å². The van der Waals surface area contributed by atoms with Gasteiger partial charge < -0.3 is 48.5 Å². The minimum absolute atomic E-state index is 0.00458. The van der Waals surface area contributed by atoms with Crippen LogP contribution in [0.3, 0.4) is 0 Å². The third-order valence-electron chi connectivity index (χ3n) is 11.2. The lowest BCUT2D eigenvalue weighted by Gasteiger charge is -2.51. The van der Waals surface area contributed by atoms with Gasteiger partial charge in [-0.2, -0.15) is 0 Å². The van der Waals surface area contributed by atoms with E-state index in [0.29, 0.717) is 25.9 Å². The molecule has 9 atom stereocenters. The van der Waals surface area contributed by atoms with Crippen LogP contribution in [0.4, 0.5) is 0 Å². The number of hydrogen-bond acceptors (Lipinski definition) is 13. The summed E-state index contributed by atoms with van der Waals surface area (Å²) in [7, 11) is 1.22. The molecule has 3 fully saturated rings. The first-order valence-corrected chi connectivity index (χ1v) is 19.6. The van der Waals surface area contributed by atoms with Crippen molar-refractivity contribution in [3.63, 3.8) is 0 Å². The fourth-order valence-electron chi connectivity index (χ4n) is 7.72. The summed E-state index contributed by atoms with van der Waals surface area (Å²) in [5.74, 6) is -4.23. The zero-order valence-electron chi connectivity index (χ0n) is 32.6. The van der Waals surface area contributed by atoms with Gasteiger partial charge in [-0.1, -0.05) is 66.4 Å². The number of unbranched alkanes of at least 4 members (excludes halogenated alkanes) is 4. The first-order valence-electron chi connectivity index (χ1n) is 19.6. The number of fused-ring (bicyclic) bond motifs is 6. The van der Waals surface area contributed by atoms with E-state index in [0.717, 1.165) is 38.5 Å². The van der Waals surface area contributed by atoms with Crippen LogP contribution in [0.2, 0.25) is 0 Å². The molecule has 4 aliphatic heterocycles. The van der Waals surface area contributed by atoms with Gasteiger partial charge in [0, 0.05) is 37.2 Å². The Morgan fingerprint density at radius 1 is 0.981 bits per heavy atom. The van der Waals surface area contributed by atoms with Crippen molar-refractivity contribution in [1.29, 1.82) is 0 Å². The predicted molar refractivity (Wildman–Crippen MR) is 193 cm³/mol. The summed E-state index contributed by atoms with van der Waals surface area (Å²) >= 11 is 0. The van der Waals surface area contributed by atoms with Gasteiger partial charge in [0.15, 0.2) is 12.4 Å². The number of aliphatic hydroxyl groups excluding tert-OH is 2. The summed E-state index contributed by atoms with van der Waals surface area (Å²) < 4.78 is 41.9. The van der Waals surface area contributed by atoms with Gasteiger partial charge in [-0.25, -0.2) is 4.79 Å². The van der Waals surface area contributed by atoms with Gasteiger partial charge >= 0.3 is 17.9 Å². The highest BCUT2D eigenvalue weighted by atomic mass is 16.7. The number of cyclic esters (lactones) is 1. The Hall–Kier alpha value is -2.39. The molecule has 53 heavy (non-hydrogen) atoms. The second kappa shape index (κ2) is 19.5. The van der Waals surface area contributed by atoms with E-state index >= 15 is 0 Å². The fourth-order valence-corrected chi connectivity index (χ4v) is 7.72. The van der Waals surface area contributed by atoms with Gasteiger partial charge in [-0.05, 0) is 49.2 Å². The zero-order valence-corrected chi connectivity index (χ0v) is 32.6. The Morgan fingerprint density at radius 3 is 2.43 bits per heavy atom. The number of rotatable bonds is 9. The lowest BCUT2D eigenvalue weighted by Crippen LogP contribution is -2.62. The number of ether oxygens (including phenoxy) is 7. The second-order valence-corrected chi connectivity index (χ2v) is 16.4. The number of esters is 3. The van der Waals surface area contributed by atoms with Crippen LogP contribution in [0.5, 0.6) is 0 Å². The number of aliphatic hydroxyl groups is 3. The molecular formula is C40H64O13. The normalized spacial score (nSPS) is 36.5. The molecule has 6 bridgehead atoms. The summed E-state index contributed by atoms with van der Waals surface area (Å²) in [4.78, 5) is 39.1. The SMILES string of the molecule is CCCCCCCC(=O)O[C@H]1/C(=C/C(=O)OC)C[C@H]2C[C@H](CO)OC(=O)C[C@H](O)C[C@@H]3CCC(C)(C)[C@H](C[C@@H]4CCO[C@H](/C=C/C(C)(C)[C@]1(O)O2)O4)O3. The van der Waals surface area contributed by atoms with Crippen molar-refractivity contribution in [1.82, 2.24) is 0 Å². The van der Waals surface area contributed by atoms with Gasteiger partial charge in [0.2, 0.25) is 5.79 Å². The van der Waals surface area contributed by atoms with E-state index in [1.54, 1.807) is 26.0 Å². The molecule has 13 nitrogen and oxygen atoms in total. The average Bonchev–Trinajstić information content (AvgIpc) is 3.09. The highest BCUT2D eigenvalue weighted by Gasteiger charge is 2.57. The minimum Gasteiger partial charge on any atom is -0.466 e. The predicted octanol–water partition coefficient (Wildman–Crippen LogP) is 4.96. The molecule has 3 N–H and O–H groups in total. The molecule has 13 heteroatoms. The molecule has 0 spiro atoms. The molecule has 0 saturated carbocycles. The third-order valence-corrected chi connectivity index (χ3v) is 11.2. The first-order chi connectivity index (χ1) is 25.1. The quantitative estimate of drug-likeness (QED) is 0.0948. The molecule has 3 saturated heterocycles. The molecule has 0 unspecified atom stereocenters. The molecule has 0 aromatic heterocycles. The average molecular weight is 753 g/mol. The van der Waals surface area contributed by atoms with Gasteiger partial charge in [-0.3, -0.25) is 9.59 Å². The van der Waals surface area contributed by atoms with E-state index in [2.05, 4.69) is 20.8 Å². The Labute approximate surface area is 314 Å². The van der Waals surface area contributed by atoms with E-state index in [-0.39, 0.29) is 61.4 Å². The van der Waals surface area contributed by atoms with Crippen LogP contribution in [0, 0.1) is 10.8 Å². The largest absolute Gasteiger partial charge is 0.466 e. The van der Waals surface area contributed by atoms with E-state index < -0.39 is 66.4 Å². The topological polar surface area (TPSA) is 177 Å². The fraction of sp³-hybridized carbons (Fsp3) is 0.825. The van der Waals surface area contributed by atoms with Crippen molar-refractivity contribution in [2.24, 2.45) is 10.8 Å².